The number of aromatic nitrogens is 3. The number of nitrogens with zero attached hydrogens (tertiary/aromatic N) is 5. The number of halogens is 6. The molecule has 0 aliphatic carbocycles. The van der Waals surface area contributed by atoms with Gasteiger partial charge >= 0.3 is 12.2 Å². The Kier molecular flexibility index (Phi) is 7.32. The summed E-state index contributed by atoms with van der Waals surface area (Å²) in [5, 5.41) is 1.89. The van der Waals surface area contributed by atoms with Gasteiger partial charge in [-0.05, 0) is 50.8 Å². The molecule has 1 aromatic carbocycles. The SMILES string of the molecule is Cc1c(F)c(N)cc(-c2ncc3c(N4CCCCCN4)nc(OC[C@@]45CCCN4C[C@H](F)C5)nc3c2F)c1C(F)(F)F. The highest BCUT2D eigenvalue weighted by Crippen LogP contribution is 2.44. The molecule has 6 rings (SSSR count). The molecule has 0 saturated carbocycles. The lowest BCUT2D eigenvalue weighted by Crippen LogP contribution is -2.43. The minimum Gasteiger partial charge on any atom is -0.461 e. The van der Waals surface area contributed by atoms with Gasteiger partial charge in [-0.1, -0.05) is 6.42 Å². The molecule has 42 heavy (non-hydrogen) atoms. The highest BCUT2D eigenvalue weighted by molar-refractivity contribution is 5.92. The summed E-state index contributed by atoms with van der Waals surface area (Å²) in [6, 6.07) is 0.550. The van der Waals surface area contributed by atoms with Gasteiger partial charge in [0.25, 0.3) is 0 Å². The lowest BCUT2D eigenvalue weighted by atomic mass is 9.95. The monoisotopic (exact) mass is 595 g/mol. The smallest absolute Gasteiger partial charge is 0.417 e. The number of nitrogen functional groups attached to an aromatic ring is 1. The number of ether oxygens (including phenoxy) is 1. The van der Waals surface area contributed by atoms with Crippen molar-refractivity contribution < 1.29 is 31.1 Å². The van der Waals surface area contributed by atoms with E-state index in [2.05, 4.69) is 25.3 Å². The molecule has 0 radical (unpaired) electrons. The number of nitrogens with two attached hydrogens (primary N) is 1. The normalized spacial score (nSPS) is 23.4. The van der Waals surface area contributed by atoms with Crippen LogP contribution in [-0.4, -0.2) is 64.3 Å². The number of fused-ring (bicyclic) bond motifs is 2. The van der Waals surface area contributed by atoms with Crippen LogP contribution in [-0.2, 0) is 6.18 Å². The maximum absolute atomic E-state index is 16.3. The second-order valence-corrected chi connectivity index (χ2v) is 11.3. The van der Waals surface area contributed by atoms with Gasteiger partial charge in [-0.3, -0.25) is 14.9 Å². The van der Waals surface area contributed by atoms with E-state index in [1.165, 1.54) is 6.20 Å². The molecule has 3 aliphatic rings. The summed E-state index contributed by atoms with van der Waals surface area (Å²) in [6.45, 7) is 3.24. The van der Waals surface area contributed by atoms with E-state index < -0.39 is 57.6 Å². The summed E-state index contributed by atoms with van der Waals surface area (Å²) in [5.74, 6) is -2.13. The predicted octanol–water partition coefficient (Wildman–Crippen LogP) is 5.33. The molecular weight excluding hydrogens is 564 g/mol. The predicted molar refractivity (Wildman–Crippen MR) is 145 cm³/mol. The molecule has 0 unspecified atom stereocenters. The average molecular weight is 596 g/mol. The number of benzene rings is 1. The van der Waals surface area contributed by atoms with Crippen molar-refractivity contribution in [3.8, 4) is 17.3 Å². The molecular formula is C28H31F6N7O. The van der Waals surface area contributed by atoms with Crippen LogP contribution < -0.4 is 20.9 Å². The van der Waals surface area contributed by atoms with Gasteiger partial charge in [0.05, 0.1) is 22.2 Å². The summed E-state index contributed by atoms with van der Waals surface area (Å²) in [6.07, 6.45) is -0.176. The van der Waals surface area contributed by atoms with E-state index in [0.29, 0.717) is 26.1 Å². The fourth-order valence-corrected chi connectivity index (χ4v) is 6.54. The number of rotatable bonds is 5. The van der Waals surface area contributed by atoms with Crippen LogP contribution in [0.3, 0.4) is 0 Å². The Bertz CT molecular complexity index is 1510. The van der Waals surface area contributed by atoms with Crippen LogP contribution >= 0.6 is 0 Å². The topological polar surface area (TPSA) is 92.4 Å². The molecule has 3 N–H and O–H groups in total. The molecule has 3 fully saturated rings. The minimum atomic E-state index is -5.01. The van der Waals surface area contributed by atoms with Crippen molar-refractivity contribution in [1.82, 2.24) is 25.3 Å². The molecule has 14 heteroatoms. The number of nitrogens with one attached hydrogen (secondary N) is 1. The van der Waals surface area contributed by atoms with Crippen molar-refractivity contribution in [3.63, 3.8) is 0 Å². The number of hydrazine groups is 1. The summed E-state index contributed by atoms with van der Waals surface area (Å²) >= 11 is 0. The van der Waals surface area contributed by atoms with E-state index in [1.54, 1.807) is 5.01 Å². The highest BCUT2D eigenvalue weighted by atomic mass is 19.4. The lowest BCUT2D eigenvalue weighted by molar-refractivity contribution is -0.137. The molecule has 3 aromatic rings. The zero-order valence-electron chi connectivity index (χ0n) is 23.0. The maximum Gasteiger partial charge on any atom is 0.417 e. The van der Waals surface area contributed by atoms with E-state index in [4.69, 9.17) is 10.5 Å². The van der Waals surface area contributed by atoms with Crippen molar-refractivity contribution in [3.05, 3.63) is 35.0 Å². The molecule has 0 amide bonds. The molecule has 2 atom stereocenters. The van der Waals surface area contributed by atoms with Crippen molar-refractivity contribution in [2.45, 2.75) is 63.3 Å². The van der Waals surface area contributed by atoms with Gasteiger partial charge in [-0.2, -0.15) is 23.1 Å². The summed E-state index contributed by atoms with van der Waals surface area (Å²) in [4.78, 5) is 15.0. The number of anilines is 2. The first-order chi connectivity index (χ1) is 20.0. The summed E-state index contributed by atoms with van der Waals surface area (Å²) in [7, 11) is 0. The Morgan fingerprint density at radius 1 is 1.12 bits per heavy atom. The third kappa shape index (κ3) is 4.97. The molecule has 0 bridgehead atoms. The van der Waals surface area contributed by atoms with Gasteiger partial charge in [0.1, 0.15) is 29.8 Å². The summed E-state index contributed by atoms with van der Waals surface area (Å²) < 4.78 is 93.3. The van der Waals surface area contributed by atoms with E-state index >= 15 is 4.39 Å². The summed E-state index contributed by atoms with van der Waals surface area (Å²) in [5.41, 5.74) is 3.99. The quantitative estimate of drug-likeness (QED) is 0.302. The Labute approximate surface area is 238 Å². The van der Waals surface area contributed by atoms with Crippen molar-refractivity contribution in [2.24, 2.45) is 0 Å². The number of hydrogen-bond donors (Lipinski definition) is 2. The molecule has 8 nitrogen and oxygen atoms in total. The van der Waals surface area contributed by atoms with Crippen LogP contribution in [0.2, 0.25) is 0 Å². The average Bonchev–Trinajstić information content (AvgIpc) is 3.31. The Morgan fingerprint density at radius 3 is 2.71 bits per heavy atom. The molecule has 226 valence electrons. The van der Waals surface area contributed by atoms with Crippen LogP contribution in [0.5, 0.6) is 6.01 Å². The number of hydrogen-bond acceptors (Lipinski definition) is 8. The first-order valence-electron chi connectivity index (χ1n) is 14.0. The fraction of sp³-hybridized carbons (Fsp3) is 0.536. The van der Waals surface area contributed by atoms with Crippen LogP contribution in [0, 0.1) is 18.6 Å². The third-order valence-electron chi connectivity index (χ3n) is 8.56. The lowest BCUT2D eigenvalue weighted by Gasteiger charge is -2.31. The van der Waals surface area contributed by atoms with E-state index in [9.17, 15) is 22.0 Å². The Morgan fingerprint density at radius 2 is 1.93 bits per heavy atom. The van der Waals surface area contributed by atoms with Gasteiger partial charge in [0, 0.05) is 37.8 Å². The molecule has 0 spiro atoms. The zero-order chi connectivity index (χ0) is 29.8. The van der Waals surface area contributed by atoms with E-state index in [1.807, 2.05) is 0 Å². The largest absolute Gasteiger partial charge is 0.461 e. The van der Waals surface area contributed by atoms with Gasteiger partial charge in [-0.15, -0.1) is 0 Å². The van der Waals surface area contributed by atoms with Crippen LogP contribution in [0.15, 0.2) is 12.3 Å². The van der Waals surface area contributed by atoms with Crippen LogP contribution in [0.25, 0.3) is 22.2 Å². The second-order valence-electron chi connectivity index (χ2n) is 11.3. The van der Waals surface area contributed by atoms with Gasteiger partial charge in [0.2, 0.25) is 0 Å². The standard InChI is InChI=1S/C28H31F6N7O/c1-15-20(28(32,33)34)17(10-19(35)21(15)30)23-22(31)24-18(12-36-23)25(41-9-4-2-3-7-37-41)39-26(38-24)42-14-27-6-5-8-40(27)13-16(29)11-27/h10,12,16,37H,2-9,11,13-14,35H2,1H3/t16-,27+/m1/s1. The van der Waals surface area contributed by atoms with Crippen LogP contribution in [0.1, 0.15) is 49.7 Å². The van der Waals surface area contributed by atoms with Gasteiger partial charge in [0.15, 0.2) is 11.6 Å². The van der Waals surface area contributed by atoms with Gasteiger partial charge in [-0.25, -0.2) is 18.6 Å². The first-order valence-corrected chi connectivity index (χ1v) is 14.0. The Balaban J connectivity index is 1.48. The highest BCUT2D eigenvalue weighted by Gasteiger charge is 2.49. The van der Waals surface area contributed by atoms with E-state index in [0.717, 1.165) is 51.6 Å². The van der Waals surface area contributed by atoms with Crippen molar-refractivity contribution >= 4 is 22.4 Å². The first kappa shape index (κ1) is 28.7. The molecule has 3 aliphatic heterocycles. The minimum absolute atomic E-state index is 0.0806. The number of pyridine rings is 1. The maximum atomic E-state index is 16.3. The van der Waals surface area contributed by atoms with Crippen molar-refractivity contribution in [1.29, 1.82) is 0 Å². The van der Waals surface area contributed by atoms with E-state index in [-0.39, 0.29) is 29.3 Å². The fourth-order valence-electron chi connectivity index (χ4n) is 6.54. The van der Waals surface area contributed by atoms with Crippen molar-refractivity contribution in [2.75, 3.05) is 43.5 Å². The second kappa shape index (κ2) is 10.7. The zero-order valence-corrected chi connectivity index (χ0v) is 23.0. The van der Waals surface area contributed by atoms with Gasteiger partial charge < -0.3 is 10.5 Å². The number of alkyl halides is 4. The molecule has 5 heterocycles. The third-order valence-corrected chi connectivity index (χ3v) is 8.56. The van der Waals surface area contributed by atoms with Crippen LogP contribution in [0.4, 0.5) is 37.8 Å². The molecule has 2 aromatic heterocycles. The molecule has 3 saturated heterocycles. The Hall–Kier alpha value is -3.39.